The molecule has 16 heavy (non-hydrogen) atoms. The van der Waals surface area contributed by atoms with Crippen LogP contribution >= 0.6 is 0 Å². The smallest absolute Gasteiger partial charge is 0.337 e. The molecule has 4 heteroatoms. The van der Waals surface area contributed by atoms with E-state index < -0.39 is 5.97 Å². The Bertz CT molecular complexity index is 444. The van der Waals surface area contributed by atoms with Crippen LogP contribution in [0.3, 0.4) is 0 Å². The predicted molar refractivity (Wildman–Crippen MR) is 63.2 cm³/mol. The summed E-state index contributed by atoms with van der Waals surface area (Å²) in [5.41, 5.74) is 6.68. The molecular formula is C12H14N2O2. The van der Waals surface area contributed by atoms with Crippen molar-refractivity contribution in [2.75, 3.05) is 19.3 Å². The van der Waals surface area contributed by atoms with Crippen LogP contribution in [0, 0.1) is 11.8 Å². The minimum absolute atomic E-state index is 0.112. The maximum Gasteiger partial charge on any atom is 0.337 e. The van der Waals surface area contributed by atoms with Crippen molar-refractivity contribution in [2.45, 2.75) is 6.42 Å². The molecule has 0 bridgehead atoms. The predicted octanol–water partition coefficient (Wildman–Crippen LogP) is 0.928. The fourth-order valence-corrected chi connectivity index (χ4v) is 1.19. The van der Waals surface area contributed by atoms with E-state index in [1.807, 2.05) is 7.05 Å². The van der Waals surface area contributed by atoms with E-state index in [9.17, 15) is 4.79 Å². The Kier molecular flexibility index (Phi) is 4.37. The highest BCUT2D eigenvalue weighted by molar-refractivity contribution is 5.93. The zero-order valence-corrected chi connectivity index (χ0v) is 9.08. The van der Waals surface area contributed by atoms with Crippen LogP contribution in [0.15, 0.2) is 18.2 Å². The molecule has 0 spiro atoms. The molecule has 0 aliphatic carbocycles. The Hall–Kier alpha value is -1.99. The second-order valence-electron chi connectivity index (χ2n) is 3.26. The van der Waals surface area contributed by atoms with Crippen LogP contribution in [0.1, 0.15) is 22.3 Å². The van der Waals surface area contributed by atoms with E-state index in [0.717, 1.165) is 18.5 Å². The molecule has 0 fully saturated rings. The van der Waals surface area contributed by atoms with Gasteiger partial charge in [-0.05, 0) is 25.2 Å². The molecule has 84 valence electrons. The van der Waals surface area contributed by atoms with Crippen LogP contribution < -0.4 is 11.1 Å². The SMILES string of the molecule is CNCCC#Cc1ccc(C(=O)O)c(N)c1. The Balaban J connectivity index is 2.80. The summed E-state index contributed by atoms with van der Waals surface area (Å²) in [7, 11) is 1.86. The van der Waals surface area contributed by atoms with E-state index in [2.05, 4.69) is 17.2 Å². The van der Waals surface area contributed by atoms with Crippen LogP contribution in [0.4, 0.5) is 5.69 Å². The number of nitrogens with one attached hydrogen (secondary N) is 1. The number of nitrogens with two attached hydrogens (primary N) is 1. The topological polar surface area (TPSA) is 75.3 Å². The van der Waals surface area contributed by atoms with Crippen molar-refractivity contribution < 1.29 is 9.90 Å². The van der Waals surface area contributed by atoms with Crippen molar-refractivity contribution in [2.24, 2.45) is 0 Å². The molecule has 1 aromatic carbocycles. The van der Waals surface area contributed by atoms with Gasteiger partial charge in [0.25, 0.3) is 0 Å². The number of benzene rings is 1. The van der Waals surface area contributed by atoms with Crippen molar-refractivity contribution in [1.82, 2.24) is 5.32 Å². The van der Waals surface area contributed by atoms with E-state index in [0.29, 0.717) is 0 Å². The average Bonchev–Trinajstić information content (AvgIpc) is 2.24. The second-order valence-corrected chi connectivity index (χ2v) is 3.26. The molecular weight excluding hydrogens is 204 g/mol. The minimum Gasteiger partial charge on any atom is -0.478 e. The molecule has 0 radical (unpaired) electrons. The summed E-state index contributed by atoms with van der Waals surface area (Å²) in [6, 6.07) is 4.71. The van der Waals surface area contributed by atoms with Crippen LogP contribution in [0.5, 0.6) is 0 Å². The van der Waals surface area contributed by atoms with Gasteiger partial charge in [-0.15, -0.1) is 0 Å². The van der Waals surface area contributed by atoms with Crippen LogP contribution in [-0.2, 0) is 0 Å². The largest absolute Gasteiger partial charge is 0.478 e. The number of aromatic carboxylic acids is 1. The number of carboxylic acids is 1. The summed E-state index contributed by atoms with van der Waals surface area (Å²) < 4.78 is 0. The van der Waals surface area contributed by atoms with Gasteiger partial charge in [-0.1, -0.05) is 11.8 Å². The first-order chi connectivity index (χ1) is 7.65. The molecule has 0 saturated heterocycles. The van der Waals surface area contributed by atoms with Gasteiger partial charge >= 0.3 is 5.97 Å². The highest BCUT2D eigenvalue weighted by atomic mass is 16.4. The first kappa shape index (κ1) is 12.1. The quantitative estimate of drug-likeness (QED) is 0.401. The Labute approximate surface area is 94.5 Å². The third-order valence-electron chi connectivity index (χ3n) is 2.01. The molecule has 4 nitrogen and oxygen atoms in total. The van der Waals surface area contributed by atoms with E-state index in [1.165, 1.54) is 6.07 Å². The number of hydrogen-bond acceptors (Lipinski definition) is 3. The summed E-state index contributed by atoms with van der Waals surface area (Å²) in [5, 5.41) is 11.8. The van der Waals surface area contributed by atoms with Gasteiger partial charge < -0.3 is 16.2 Å². The van der Waals surface area contributed by atoms with E-state index in [-0.39, 0.29) is 11.3 Å². The first-order valence-corrected chi connectivity index (χ1v) is 4.91. The van der Waals surface area contributed by atoms with Crippen LogP contribution in [0.2, 0.25) is 0 Å². The third-order valence-corrected chi connectivity index (χ3v) is 2.01. The molecule has 0 saturated carbocycles. The molecule has 0 aliphatic heterocycles. The van der Waals surface area contributed by atoms with Gasteiger partial charge in [-0.2, -0.15) is 0 Å². The van der Waals surface area contributed by atoms with E-state index in [4.69, 9.17) is 10.8 Å². The molecule has 0 heterocycles. The van der Waals surface area contributed by atoms with Gasteiger partial charge in [0.05, 0.1) is 5.56 Å². The number of rotatable bonds is 3. The van der Waals surface area contributed by atoms with Crippen molar-refractivity contribution in [3.63, 3.8) is 0 Å². The number of hydrogen-bond donors (Lipinski definition) is 3. The molecule has 1 rings (SSSR count). The number of carboxylic acid groups (broad SMARTS) is 1. The van der Waals surface area contributed by atoms with Crippen molar-refractivity contribution in [1.29, 1.82) is 0 Å². The van der Waals surface area contributed by atoms with Gasteiger partial charge in [0.15, 0.2) is 0 Å². The van der Waals surface area contributed by atoms with Gasteiger partial charge in [-0.25, -0.2) is 4.79 Å². The first-order valence-electron chi connectivity index (χ1n) is 4.91. The summed E-state index contributed by atoms with van der Waals surface area (Å²) in [6.45, 7) is 0.829. The molecule has 4 N–H and O–H groups in total. The normalized spacial score (nSPS) is 9.31. The average molecular weight is 218 g/mol. The fraction of sp³-hybridized carbons (Fsp3) is 0.250. The van der Waals surface area contributed by atoms with Crippen molar-refractivity contribution >= 4 is 11.7 Å². The Morgan fingerprint density at radius 3 is 2.88 bits per heavy atom. The van der Waals surface area contributed by atoms with Crippen molar-refractivity contribution in [3.8, 4) is 11.8 Å². The molecule has 0 unspecified atom stereocenters. The monoisotopic (exact) mass is 218 g/mol. The Morgan fingerprint density at radius 2 is 2.31 bits per heavy atom. The van der Waals surface area contributed by atoms with Crippen LogP contribution in [0.25, 0.3) is 0 Å². The van der Waals surface area contributed by atoms with E-state index >= 15 is 0 Å². The van der Waals surface area contributed by atoms with Gasteiger partial charge in [0.2, 0.25) is 0 Å². The molecule has 0 amide bonds. The molecule has 0 atom stereocenters. The Morgan fingerprint density at radius 1 is 1.56 bits per heavy atom. The minimum atomic E-state index is -1.02. The van der Waals surface area contributed by atoms with Crippen LogP contribution in [-0.4, -0.2) is 24.7 Å². The van der Waals surface area contributed by atoms with Gasteiger partial charge in [-0.3, -0.25) is 0 Å². The summed E-state index contributed by atoms with van der Waals surface area (Å²) in [6.07, 6.45) is 0.747. The van der Waals surface area contributed by atoms with Gasteiger partial charge in [0, 0.05) is 24.2 Å². The second kappa shape index (κ2) is 5.79. The number of anilines is 1. The maximum atomic E-state index is 10.7. The summed E-state index contributed by atoms with van der Waals surface area (Å²) >= 11 is 0. The molecule has 0 aromatic heterocycles. The van der Waals surface area contributed by atoms with E-state index in [1.54, 1.807) is 12.1 Å². The van der Waals surface area contributed by atoms with Crippen molar-refractivity contribution in [3.05, 3.63) is 29.3 Å². The summed E-state index contributed by atoms with van der Waals surface area (Å²) in [4.78, 5) is 10.7. The highest BCUT2D eigenvalue weighted by Crippen LogP contribution is 2.13. The molecule has 0 aliphatic rings. The zero-order valence-electron chi connectivity index (χ0n) is 9.08. The number of nitrogen functional groups attached to an aromatic ring is 1. The lowest BCUT2D eigenvalue weighted by molar-refractivity contribution is 0.0698. The fourth-order valence-electron chi connectivity index (χ4n) is 1.19. The lowest BCUT2D eigenvalue weighted by Gasteiger charge is -2.00. The highest BCUT2D eigenvalue weighted by Gasteiger charge is 2.06. The third kappa shape index (κ3) is 3.30. The lowest BCUT2D eigenvalue weighted by atomic mass is 10.1. The lowest BCUT2D eigenvalue weighted by Crippen LogP contribution is -2.06. The van der Waals surface area contributed by atoms with Gasteiger partial charge in [0.1, 0.15) is 0 Å². The summed E-state index contributed by atoms with van der Waals surface area (Å²) in [5.74, 6) is 4.87. The number of carbonyl (C=O) groups is 1. The standard InChI is InChI=1S/C12H14N2O2/c1-14-7-3-2-4-9-5-6-10(12(15)16)11(13)8-9/h5-6,8,14H,3,7,13H2,1H3,(H,15,16). The maximum absolute atomic E-state index is 10.7. The molecule has 1 aromatic rings. The zero-order chi connectivity index (χ0) is 12.0.